The highest BCUT2D eigenvalue weighted by molar-refractivity contribution is 5.85. The summed E-state index contributed by atoms with van der Waals surface area (Å²) in [5, 5.41) is 0. The van der Waals surface area contributed by atoms with E-state index in [0.717, 1.165) is 12.1 Å². The lowest BCUT2D eigenvalue weighted by Gasteiger charge is -2.22. The molecule has 0 aromatic heterocycles. The van der Waals surface area contributed by atoms with Crippen molar-refractivity contribution < 1.29 is 22.8 Å². The molecule has 0 fully saturated rings. The Balaban J connectivity index is 2.80. The van der Waals surface area contributed by atoms with E-state index in [-0.39, 0.29) is 6.42 Å². The fourth-order valence-corrected chi connectivity index (χ4v) is 1.53. The van der Waals surface area contributed by atoms with Gasteiger partial charge in [-0.2, -0.15) is 13.2 Å². The van der Waals surface area contributed by atoms with Gasteiger partial charge in [0.25, 0.3) is 5.91 Å². The number of carbonyl (C=O) groups is 1. The van der Waals surface area contributed by atoms with Gasteiger partial charge in [-0.05, 0) is 31.0 Å². The molecule has 0 saturated carbocycles. The number of halogens is 3. The summed E-state index contributed by atoms with van der Waals surface area (Å²) in [4.78, 5) is 16.0. The van der Waals surface area contributed by atoms with E-state index >= 15 is 0 Å². The SMILES string of the molecule is CONC(=O)[C@@](C)(N)Cc1ccc(C(F)(F)F)cc1. The molecule has 1 rings (SSSR count). The molecule has 0 spiro atoms. The average molecular weight is 276 g/mol. The number of amides is 1. The lowest BCUT2D eigenvalue weighted by atomic mass is 9.93. The first kappa shape index (κ1) is 15.5. The highest BCUT2D eigenvalue weighted by atomic mass is 19.4. The zero-order valence-corrected chi connectivity index (χ0v) is 10.5. The molecule has 1 atom stereocenters. The van der Waals surface area contributed by atoms with E-state index < -0.39 is 23.2 Å². The minimum absolute atomic E-state index is 0.0976. The van der Waals surface area contributed by atoms with Crippen molar-refractivity contribution in [2.75, 3.05) is 7.11 Å². The maximum absolute atomic E-state index is 12.4. The van der Waals surface area contributed by atoms with Crippen molar-refractivity contribution in [3.05, 3.63) is 35.4 Å². The van der Waals surface area contributed by atoms with Gasteiger partial charge in [0.15, 0.2) is 0 Å². The van der Waals surface area contributed by atoms with Crippen LogP contribution in [-0.4, -0.2) is 18.6 Å². The summed E-state index contributed by atoms with van der Waals surface area (Å²) in [6, 6.07) is 4.52. The van der Waals surface area contributed by atoms with Crippen molar-refractivity contribution in [2.45, 2.75) is 25.1 Å². The Hall–Kier alpha value is -1.60. The molecule has 1 amide bonds. The Morgan fingerprint density at radius 2 is 1.84 bits per heavy atom. The molecule has 0 unspecified atom stereocenters. The van der Waals surface area contributed by atoms with Crippen LogP contribution in [0.2, 0.25) is 0 Å². The van der Waals surface area contributed by atoms with E-state index in [2.05, 4.69) is 10.3 Å². The maximum Gasteiger partial charge on any atom is 0.416 e. The predicted octanol–water partition coefficient (Wildman–Crippen LogP) is 1.64. The van der Waals surface area contributed by atoms with Gasteiger partial charge in [0, 0.05) is 0 Å². The summed E-state index contributed by atoms with van der Waals surface area (Å²) in [6.45, 7) is 1.47. The molecule has 0 bridgehead atoms. The van der Waals surface area contributed by atoms with Crippen molar-refractivity contribution in [1.82, 2.24) is 5.48 Å². The van der Waals surface area contributed by atoms with Crippen LogP contribution in [0.5, 0.6) is 0 Å². The van der Waals surface area contributed by atoms with Crippen LogP contribution in [0.1, 0.15) is 18.1 Å². The minimum Gasteiger partial charge on any atom is -0.317 e. The maximum atomic E-state index is 12.4. The zero-order chi connectivity index (χ0) is 14.7. The second kappa shape index (κ2) is 5.58. The molecule has 3 N–H and O–H groups in total. The van der Waals surface area contributed by atoms with Gasteiger partial charge in [0.1, 0.15) is 0 Å². The van der Waals surface area contributed by atoms with Gasteiger partial charge in [0.2, 0.25) is 0 Å². The van der Waals surface area contributed by atoms with Gasteiger partial charge in [0.05, 0.1) is 18.2 Å². The molecule has 0 radical (unpaired) electrons. The predicted molar refractivity (Wildman–Crippen MR) is 62.9 cm³/mol. The normalized spacial score (nSPS) is 14.8. The Labute approximate surface area is 108 Å². The van der Waals surface area contributed by atoms with Crippen LogP contribution in [0, 0.1) is 0 Å². The summed E-state index contributed by atoms with van der Waals surface area (Å²) < 4.78 is 37.1. The number of rotatable bonds is 4. The molecule has 0 saturated heterocycles. The highest BCUT2D eigenvalue weighted by Crippen LogP contribution is 2.29. The van der Waals surface area contributed by atoms with Crippen molar-refractivity contribution in [2.24, 2.45) is 5.73 Å². The monoisotopic (exact) mass is 276 g/mol. The van der Waals surface area contributed by atoms with Crippen LogP contribution in [0.25, 0.3) is 0 Å². The first-order chi connectivity index (χ1) is 8.66. The van der Waals surface area contributed by atoms with Crippen LogP contribution in [0.4, 0.5) is 13.2 Å². The molecule has 106 valence electrons. The molecule has 0 aliphatic rings. The molecule has 0 heterocycles. The van der Waals surface area contributed by atoms with Gasteiger partial charge >= 0.3 is 6.18 Å². The number of benzene rings is 1. The zero-order valence-electron chi connectivity index (χ0n) is 10.5. The lowest BCUT2D eigenvalue weighted by Crippen LogP contribution is -2.52. The summed E-state index contributed by atoms with van der Waals surface area (Å²) in [5.74, 6) is -0.546. The summed E-state index contributed by atoms with van der Waals surface area (Å²) in [6.07, 6.45) is -4.28. The van der Waals surface area contributed by atoms with Gasteiger partial charge in [-0.3, -0.25) is 9.63 Å². The molecule has 1 aromatic rings. The average Bonchev–Trinajstić information content (AvgIpc) is 2.28. The van der Waals surface area contributed by atoms with Gasteiger partial charge in [-0.15, -0.1) is 0 Å². The quantitative estimate of drug-likeness (QED) is 0.822. The van der Waals surface area contributed by atoms with Crippen molar-refractivity contribution >= 4 is 5.91 Å². The molecule has 0 aliphatic carbocycles. The van der Waals surface area contributed by atoms with Crippen LogP contribution < -0.4 is 11.2 Å². The second-order valence-electron chi connectivity index (χ2n) is 4.42. The minimum atomic E-state index is -4.38. The fraction of sp³-hybridized carbons (Fsp3) is 0.417. The fourth-order valence-electron chi connectivity index (χ4n) is 1.53. The van der Waals surface area contributed by atoms with Gasteiger partial charge < -0.3 is 5.73 Å². The van der Waals surface area contributed by atoms with Crippen LogP contribution in [0.15, 0.2) is 24.3 Å². The standard InChI is InChI=1S/C12H15F3N2O2/c1-11(16,10(18)17-19-2)7-8-3-5-9(6-4-8)12(13,14)15/h3-6H,7,16H2,1-2H3,(H,17,18)/t11-/m0/s1. The van der Waals surface area contributed by atoms with E-state index in [1.54, 1.807) is 0 Å². The highest BCUT2D eigenvalue weighted by Gasteiger charge is 2.31. The Bertz CT molecular complexity index is 441. The van der Waals surface area contributed by atoms with Crippen LogP contribution in [0.3, 0.4) is 0 Å². The lowest BCUT2D eigenvalue weighted by molar-refractivity contribution is -0.138. The molecular weight excluding hydrogens is 261 g/mol. The molecular formula is C12H15F3N2O2. The van der Waals surface area contributed by atoms with E-state index in [0.29, 0.717) is 5.56 Å². The van der Waals surface area contributed by atoms with E-state index in [4.69, 9.17) is 5.73 Å². The van der Waals surface area contributed by atoms with Crippen molar-refractivity contribution in [3.63, 3.8) is 0 Å². The van der Waals surface area contributed by atoms with E-state index in [1.807, 2.05) is 0 Å². The number of nitrogens with one attached hydrogen (secondary N) is 1. The summed E-state index contributed by atoms with van der Waals surface area (Å²) in [5.41, 5.74) is 6.41. The third-order valence-electron chi connectivity index (χ3n) is 2.57. The van der Waals surface area contributed by atoms with E-state index in [1.165, 1.54) is 26.2 Å². The second-order valence-corrected chi connectivity index (χ2v) is 4.42. The molecule has 4 nitrogen and oxygen atoms in total. The number of hydrogen-bond acceptors (Lipinski definition) is 3. The van der Waals surface area contributed by atoms with Gasteiger partial charge in [-0.25, -0.2) is 5.48 Å². The number of carbonyl (C=O) groups excluding carboxylic acids is 1. The molecule has 7 heteroatoms. The Morgan fingerprint density at radius 3 is 2.26 bits per heavy atom. The topological polar surface area (TPSA) is 64.3 Å². The Morgan fingerprint density at radius 1 is 1.32 bits per heavy atom. The number of hydroxylamine groups is 1. The van der Waals surface area contributed by atoms with E-state index in [9.17, 15) is 18.0 Å². The molecule has 1 aromatic carbocycles. The summed E-state index contributed by atoms with van der Waals surface area (Å²) >= 11 is 0. The third kappa shape index (κ3) is 4.22. The van der Waals surface area contributed by atoms with Gasteiger partial charge in [-0.1, -0.05) is 12.1 Å². The smallest absolute Gasteiger partial charge is 0.317 e. The molecule has 19 heavy (non-hydrogen) atoms. The van der Waals surface area contributed by atoms with Crippen molar-refractivity contribution in [1.29, 1.82) is 0 Å². The number of nitrogens with two attached hydrogens (primary N) is 1. The van der Waals surface area contributed by atoms with Crippen molar-refractivity contribution in [3.8, 4) is 0 Å². The summed E-state index contributed by atoms with van der Waals surface area (Å²) in [7, 11) is 1.27. The Kier molecular flexibility index (Phi) is 4.54. The first-order valence-electron chi connectivity index (χ1n) is 5.45. The molecule has 0 aliphatic heterocycles. The third-order valence-corrected chi connectivity index (χ3v) is 2.57. The van der Waals surface area contributed by atoms with Crippen LogP contribution in [-0.2, 0) is 22.2 Å². The largest absolute Gasteiger partial charge is 0.416 e. The number of alkyl halides is 3. The first-order valence-corrected chi connectivity index (χ1v) is 5.45. The number of hydrogen-bond donors (Lipinski definition) is 2. The van der Waals surface area contributed by atoms with Crippen LogP contribution >= 0.6 is 0 Å².